The van der Waals surface area contributed by atoms with Gasteiger partial charge in [0, 0.05) is 19.1 Å². The van der Waals surface area contributed by atoms with Crippen molar-refractivity contribution in [3.05, 3.63) is 35.4 Å². The van der Waals surface area contributed by atoms with Crippen molar-refractivity contribution in [1.82, 2.24) is 14.3 Å². The fourth-order valence-corrected chi connectivity index (χ4v) is 2.82. The minimum atomic E-state index is -3.42. The number of likely N-dealkylation sites (N-methyl/N-ethyl adjacent to an activating group) is 1. The quantitative estimate of drug-likeness (QED) is 0.763. The molecule has 0 aliphatic rings. The maximum absolute atomic E-state index is 11.8. The van der Waals surface area contributed by atoms with Gasteiger partial charge in [0.1, 0.15) is 0 Å². The minimum absolute atomic E-state index is 0.00815. The van der Waals surface area contributed by atoms with E-state index in [1.807, 2.05) is 57.1 Å². The summed E-state index contributed by atoms with van der Waals surface area (Å²) < 4.78 is 28.6. The third kappa shape index (κ3) is 5.58. The predicted octanol–water partition coefficient (Wildman–Crippen LogP) is 1.43. The van der Waals surface area contributed by atoms with Crippen molar-refractivity contribution in [2.45, 2.75) is 26.3 Å². The van der Waals surface area contributed by atoms with Gasteiger partial charge in [-0.2, -0.15) is 8.42 Å². The van der Waals surface area contributed by atoms with Gasteiger partial charge in [-0.15, -0.1) is 0 Å². The first-order valence-corrected chi connectivity index (χ1v) is 8.31. The van der Waals surface area contributed by atoms with Crippen LogP contribution < -0.4 is 9.44 Å². The summed E-state index contributed by atoms with van der Waals surface area (Å²) in [5.74, 6) is 0. The summed E-state index contributed by atoms with van der Waals surface area (Å²) in [5.41, 5.74) is 2.29. The van der Waals surface area contributed by atoms with Gasteiger partial charge in [0.25, 0.3) is 10.2 Å². The molecule has 1 aromatic carbocycles. The van der Waals surface area contributed by atoms with Crippen LogP contribution in [0, 0.1) is 6.92 Å². The van der Waals surface area contributed by atoms with Gasteiger partial charge in [0.05, 0.1) is 0 Å². The van der Waals surface area contributed by atoms with Crippen molar-refractivity contribution in [2.75, 3.05) is 27.2 Å². The van der Waals surface area contributed by atoms with Gasteiger partial charge in [0.2, 0.25) is 0 Å². The lowest BCUT2D eigenvalue weighted by atomic mass is 10.0. The second-order valence-corrected chi connectivity index (χ2v) is 6.72. The standard InChI is InChI=1S/C14H25N3O2S/c1-5-10-15-20(18,19)16-11-14(17(3)4)13-8-6-12(2)7-9-13/h6-9,14-16H,5,10-11H2,1-4H3. The van der Waals surface area contributed by atoms with Crippen LogP contribution in [0.15, 0.2) is 24.3 Å². The number of hydrogen-bond acceptors (Lipinski definition) is 3. The highest BCUT2D eigenvalue weighted by molar-refractivity contribution is 7.87. The summed E-state index contributed by atoms with van der Waals surface area (Å²) in [4.78, 5) is 2.01. The molecule has 1 atom stereocenters. The van der Waals surface area contributed by atoms with E-state index >= 15 is 0 Å². The van der Waals surface area contributed by atoms with E-state index in [0.717, 1.165) is 12.0 Å². The van der Waals surface area contributed by atoms with Crippen LogP contribution in [0.4, 0.5) is 0 Å². The molecule has 0 aliphatic heterocycles. The third-order valence-corrected chi connectivity index (χ3v) is 4.23. The van der Waals surface area contributed by atoms with E-state index in [1.54, 1.807) is 0 Å². The van der Waals surface area contributed by atoms with Crippen LogP contribution in [-0.4, -0.2) is 40.5 Å². The Hall–Kier alpha value is -0.950. The lowest BCUT2D eigenvalue weighted by Gasteiger charge is -2.25. The average Bonchev–Trinajstić information content (AvgIpc) is 2.38. The molecule has 1 unspecified atom stereocenters. The number of aryl methyl sites for hydroxylation is 1. The molecule has 20 heavy (non-hydrogen) atoms. The number of nitrogens with one attached hydrogen (secondary N) is 2. The Bertz CT molecular complexity index is 498. The van der Waals surface area contributed by atoms with E-state index in [9.17, 15) is 8.42 Å². The molecule has 0 bridgehead atoms. The second-order valence-electron chi connectivity index (χ2n) is 5.14. The Morgan fingerprint density at radius 1 is 1.15 bits per heavy atom. The van der Waals surface area contributed by atoms with E-state index in [0.29, 0.717) is 13.1 Å². The Labute approximate surface area is 122 Å². The van der Waals surface area contributed by atoms with Crippen molar-refractivity contribution in [2.24, 2.45) is 0 Å². The third-order valence-electron chi connectivity index (χ3n) is 3.09. The normalized spacial score (nSPS) is 13.7. The van der Waals surface area contributed by atoms with Crippen LogP contribution in [0.5, 0.6) is 0 Å². The van der Waals surface area contributed by atoms with Crippen LogP contribution in [0.3, 0.4) is 0 Å². The lowest BCUT2D eigenvalue weighted by Crippen LogP contribution is -2.41. The van der Waals surface area contributed by atoms with Crippen molar-refractivity contribution in [3.8, 4) is 0 Å². The lowest BCUT2D eigenvalue weighted by molar-refractivity contribution is 0.299. The summed E-state index contributed by atoms with van der Waals surface area (Å²) in [6, 6.07) is 8.15. The van der Waals surface area contributed by atoms with E-state index < -0.39 is 10.2 Å². The molecular weight excluding hydrogens is 274 g/mol. The highest BCUT2D eigenvalue weighted by Crippen LogP contribution is 2.18. The smallest absolute Gasteiger partial charge is 0.276 e. The van der Waals surface area contributed by atoms with Gasteiger partial charge in [-0.1, -0.05) is 36.8 Å². The molecule has 0 aromatic heterocycles. The largest absolute Gasteiger partial charge is 0.301 e. The summed E-state index contributed by atoms with van der Waals surface area (Å²) >= 11 is 0. The van der Waals surface area contributed by atoms with Gasteiger partial charge >= 0.3 is 0 Å². The SMILES string of the molecule is CCCNS(=O)(=O)NCC(c1ccc(C)cc1)N(C)C. The van der Waals surface area contributed by atoms with Crippen molar-refractivity contribution >= 4 is 10.2 Å². The first-order chi connectivity index (χ1) is 9.35. The second kappa shape index (κ2) is 7.73. The summed E-state index contributed by atoms with van der Waals surface area (Å²) in [5, 5.41) is 0. The average molecular weight is 299 g/mol. The van der Waals surface area contributed by atoms with Crippen molar-refractivity contribution < 1.29 is 8.42 Å². The topological polar surface area (TPSA) is 61.4 Å². The zero-order valence-corrected chi connectivity index (χ0v) is 13.5. The molecule has 2 N–H and O–H groups in total. The molecule has 0 saturated carbocycles. The number of hydrogen-bond donors (Lipinski definition) is 2. The van der Waals surface area contributed by atoms with Crippen LogP contribution in [0.25, 0.3) is 0 Å². The molecule has 0 heterocycles. The Morgan fingerprint density at radius 2 is 1.75 bits per heavy atom. The highest BCUT2D eigenvalue weighted by Gasteiger charge is 2.17. The zero-order valence-electron chi connectivity index (χ0n) is 12.7. The Balaban J connectivity index is 2.71. The van der Waals surface area contributed by atoms with Gasteiger partial charge in [0.15, 0.2) is 0 Å². The van der Waals surface area contributed by atoms with Crippen molar-refractivity contribution in [3.63, 3.8) is 0 Å². The monoisotopic (exact) mass is 299 g/mol. The number of benzene rings is 1. The highest BCUT2D eigenvalue weighted by atomic mass is 32.2. The predicted molar refractivity (Wildman–Crippen MR) is 82.8 cm³/mol. The first-order valence-electron chi connectivity index (χ1n) is 6.83. The van der Waals surface area contributed by atoms with Crippen LogP contribution >= 0.6 is 0 Å². The van der Waals surface area contributed by atoms with E-state index in [2.05, 4.69) is 9.44 Å². The fourth-order valence-electron chi connectivity index (χ4n) is 1.86. The maximum Gasteiger partial charge on any atom is 0.276 e. The summed E-state index contributed by atoms with van der Waals surface area (Å²) in [6.45, 7) is 4.75. The molecule has 1 rings (SSSR count). The summed E-state index contributed by atoms with van der Waals surface area (Å²) in [6.07, 6.45) is 0.774. The maximum atomic E-state index is 11.8. The molecule has 0 amide bonds. The molecule has 6 heteroatoms. The Morgan fingerprint density at radius 3 is 2.25 bits per heavy atom. The van der Waals surface area contributed by atoms with Crippen molar-refractivity contribution in [1.29, 1.82) is 0 Å². The van der Waals surface area contributed by atoms with E-state index in [4.69, 9.17) is 0 Å². The fraction of sp³-hybridized carbons (Fsp3) is 0.571. The van der Waals surface area contributed by atoms with Gasteiger partial charge in [-0.25, -0.2) is 9.44 Å². The minimum Gasteiger partial charge on any atom is -0.301 e. The molecule has 0 aliphatic carbocycles. The molecule has 0 radical (unpaired) electrons. The van der Waals surface area contributed by atoms with Gasteiger partial charge < -0.3 is 4.90 Å². The van der Waals surface area contributed by atoms with E-state index in [1.165, 1.54) is 5.56 Å². The molecule has 0 saturated heterocycles. The molecular formula is C14H25N3O2S. The van der Waals surface area contributed by atoms with Crippen LogP contribution in [-0.2, 0) is 10.2 Å². The molecule has 1 aromatic rings. The summed E-state index contributed by atoms with van der Waals surface area (Å²) in [7, 11) is 0.470. The van der Waals surface area contributed by atoms with E-state index in [-0.39, 0.29) is 6.04 Å². The van der Waals surface area contributed by atoms with Crippen LogP contribution in [0.1, 0.15) is 30.5 Å². The number of rotatable bonds is 8. The Kier molecular flexibility index (Phi) is 6.61. The van der Waals surface area contributed by atoms with Gasteiger partial charge in [-0.3, -0.25) is 0 Å². The zero-order chi connectivity index (χ0) is 15.2. The first kappa shape index (κ1) is 17.1. The molecule has 114 valence electrons. The molecule has 0 spiro atoms. The number of nitrogens with zero attached hydrogens (tertiary/aromatic N) is 1. The van der Waals surface area contributed by atoms with Gasteiger partial charge in [-0.05, 0) is 33.0 Å². The van der Waals surface area contributed by atoms with Crippen LogP contribution in [0.2, 0.25) is 0 Å². The molecule has 5 nitrogen and oxygen atoms in total. The molecule has 0 fully saturated rings.